The quantitative estimate of drug-likeness (QED) is 0.633. The first-order valence-electron chi connectivity index (χ1n) is 9.16. The molecule has 0 unspecified atom stereocenters. The number of nitrogens with one attached hydrogen (secondary N) is 1. The number of thiophene rings is 1. The Hall–Kier alpha value is -3.44. The second-order valence-electron chi connectivity index (χ2n) is 7.13. The minimum absolute atomic E-state index is 0.294. The van der Waals surface area contributed by atoms with Crippen LogP contribution >= 0.6 is 11.3 Å². The number of amides is 1. The van der Waals surface area contributed by atoms with Gasteiger partial charge in [0, 0.05) is 21.7 Å². The lowest BCUT2D eigenvalue weighted by molar-refractivity contribution is -0.111. The van der Waals surface area contributed by atoms with E-state index in [4.69, 9.17) is 10.3 Å². The number of nitrogens with two attached hydrogens (primary N) is 1. The number of fused-ring (bicyclic) bond motifs is 1. The third-order valence-electron chi connectivity index (χ3n) is 5.22. The largest absolute Gasteiger partial charge is 0.389 e. The van der Waals surface area contributed by atoms with Gasteiger partial charge in [0.05, 0.1) is 11.0 Å². The van der Waals surface area contributed by atoms with Crippen LogP contribution in [0, 0.1) is 11.3 Å². The van der Waals surface area contributed by atoms with E-state index in [9.17, 15) is 10.1 Å². The molecule has 3 aromatic rings. The highest BCUT2D eigenvalue weighted by Crippen LogP contribution is 2.48. The van der Waals surface area contributed by atoms with E-state index in [2.05, 4.69) is 28.1 Å². The summed E-state index contributed by atoms with van der Waals surface area (Å²) in [5, 5.41) is 17.0. The third kappa shape index (κ3) is 3.19. The first-order valence-corrected chi connectivity index (χ1v) is 9.97. The van der Waals surface area contributed by atoms with Gasteiger partial charge in [0.1, 0.15) is 11.1 Å². The molecule has 8 heteroatoms. The molecule has 0 radical (unpaired) electrons. The van der Waals surface area contributed by atoms with Crippen molar-refractivity contribution in [2.45, 2.75) is 31.6 Å². The van der Waals surface area contributed by atoms with E-state index in [1.165, 1.54) is 17.4 Å². The maximum atomic E-state index is 11.5. The van der Waals surface area contributed by atoms with Crippen molar-refractivity contribution in [3.63, 3.8) is 0 Å². The van der Waals surface area contributed by atoms with E-state index >= 15 is 0 Å². The van der Waals surface area contributed by atoms with Crippen LogP contribution in [0.3, 0.4) is 0 Å². The van der Waals surface area contributed by atoms with Crippen molar-refractivity contribution in [3.8, 4) is 17.5 Å². The molecule has 1 aromatic carbocycles. The lowest BCUT2D eigenvalue weighted by atomic mass is 9.72. The zero-order chi connectivity index (χ0) is 20.6. The van der Waals surface area contributed by atoms with Crippen LogP contribution in [0.1, 0.15) is 41.7 Å². The van der Waals surface area contributed by atoms with Crippen molar-refractivity contribution < 1.29 is 9.32 Å². The number of nitrogens with zero attached hydrogens (tertiary/aromatic N) is 3. The molecule has 1 aliphatic carbocycles. The SMILES string of the molecule is C=CC(=O)Nc1cccc(-c2noc([C@@]3(C)CCCc4sc(N)c(C#N)c43)n2)c1. The average molecular weight is 405 g/mol. The number of aryl methyl sites for hydroxylation is 1. The molecular weight excluding hydrogens is 386 g/mol. The van der Waals surface area contributed by atoms with Gasteiger partial charge in [-0.25, -0.2) is 0 Å². The second-order valence-corrected chi connectivity index (χ2v) is 8.27. The Morgan fingerprint density at radius 3 is 3.10 bits per heavy atom. The van der Waals surface area contributed by atoms with Crippen LogP contribution in [0.5, 0.6) is 0 Å². The maximum absolute atomic E-state index is 11.5. The minimum Gasteiger partial charge on any atom is -0.389 e. The second kappa shape index (κ2) is 7.18. The summed E-state index contributed by atoms with van der Waals surface area (Å²) in [4.78, 5) is 17.3. The molecule has 4 rings (SSSR count). The molecule has 0 bridgehead atoms. The summed E-state index contributed by atoms with van der Waals surface area (Å²) in [6.45, 7) is 5.48. The Bertz CT molecular complexity index is 1160. The molecule has 0 aliphatic heterocycles. The summed E-state index contributed by atoms with van der Waals surface area (Å²) >= 11 is 1.47. The maximum Gasteiger partial charge on any atom is 0.247 e. The van der Waals surface area contributed by atoms with Gasteiger partial charge in [-0.15, -0.1) is 11.3 Å². The summed E-state index contributed by atoms with van der Waals surface area (Å²) in [6.07, 6.45) is 3.85. The van der Waals surface area contributed by atoms with E-state index in [0.717, 1.165) is 29.7 Å². The summed E-state index contributed by atoms with van der Waals surface area (Å²) in [5.41, 5.74) is 8.28. The smallest absolute Gasteiger partial charge is 0.247 e. The number of carbonyl (C=O) groups is 1. The van der Waals surface area contributed by atoms with Gasteiger partial charge in [0.25, 0.3) is 0 Å². The predicted molar refractivity (Wildman–Crippen MR) is 111 cm³/mol. The number of carbonyl (C=O) groups excluding carboxylic acids is 1. The molecule has 1 atom stereocenters. The molecule has 146 valence electrons. The zero-order valence-corrected chi connectivity index (χ0v) is 16.7. The van der Waals surface area contributed by atoms with Gasteiger partial charge in [0.2, 0.25) is 17.6 Å². The van der Waals surface area contributed by atoms with Crippen molar-refractivity contribution in [1.82, 2.24) is 10.1 Å². The third-order valence-corrected chi connectivity index (χ3v) is 6.30. The Morgan fingerprint density at radius 2 is 2.34 bits per heavy atom. The van der Waals surface area contributed by atoms with Crippen LogP contribution in [0.25, 0.3) is 11.4 Å². The van der Waals surface area contributed by atoms with Crippen molar-refractivity contribution in [1.29, 1.82) is 5.26 Å². The van der Waals surface area contributed by atoms with E-state index in [0.29, 0.717) is 33.5 Å². The molecule has 2 aromatic heterocycles. The normalized spacial score (nSPS) is 17.9. The van der Waals surface area contributed by atoms with E-state index in [-0.39, 0.29) is 5.91 Å². The van der Waals surface area contributed by atoms with Crippen LogP contribution < -0.4 is 11.1 Å². The van der Waals surface area contributed by atoms with Crippen LogP contribution in [-0.2, 0) is 16.6 Å². The standard InChI is InChI=1S/C21H19N5O2S/c1-3-16(27)24-13-7-4-6-12(10-13)19-25-20(28-26-19)21(2)9-5-8-15-17(21)14(11-22)18(23)29-15/h3-4,6-7,10H,1,5,8-9,23H2,2H3,(H,24,27)/t21-/m0/s1. The Kier molecular flexibility index (Phi) is 4.68. The average Bonchev–Trinajstić information content (AvgIpc) is 3.33. The monoisotopic (exact) mass is 405 g/mol. The summed E-state index contributed by atoms with van der Waals surface area (Å²) < 4.78 is 5.66. The van der Waals surface area contributed by atoms with Gasteiger partial charge in [-0.2, -0.15) is 10.2 Å². The van der Waals surface area contributed by atoms with E-state index < -0.39 is 5.41 Å². The molecule has 7 nitrogen and oxygen atoms in total. The molecule has 1 amide bonds. The molecule has 29 heavy (non-hydrogen) atoms. The number of hydrogen-bond acceptors (Lipinski definition) is 7. The Morgan fingerprint density at radius 1 is 1.52 bits per heavy atom. The Balaban J connectivity index is 1.73. The van der Waals surface area contributed by atoms with Crippen LogP contribution in [-0.4, -0.2) is 16.0 Å². The predicted octanol–water partition coefficient (Wildman–Crippen LogP) is 4.02. The number of benzene rings is 1. The van der Waals surface area contributed by atoms with Crippen LogP contribution in [0.15, 0.2) is 41.4 Å². The molecular formula is C21H19N5O2S. The fourth-order valence-corrected chi connectivity index (χ4v) is 4.99. The molecule has 0 saturated carbocycles. The van der Waals surface area contributed by atoms with Crippen molar-refractivity contribution in [2.75, 3.05) is 11.1 Å². The topological polar surface area (TPSA) is 118 Å². The fraction of sp³-hybridized carbons (Fsp3) is 0.238. The molecule has 2 heterocycles. The van der Waals surface area contributed by atoms with Crippen LogP contribution in [0.2, 0.25) is 0 Å². The van der Waals surface area contributed by atoms with Gasteiger partial charge in [0.15, 0.2) is 0 Å². The van der Waals surface area contributed by atoms with Gasteiger partial charge < -0.3 is 15.6 Å². The fourth-order valence-electron chi connectivity index (χ4n) is 3.80. The number of rotatable bonds is 4. The number of nitriles is 1. The van der Waals surface area contributed by atoms with Gasteiger partial charge in [-0.1, -0.05) is 23.9 Å². The summed E-state index contributed by atoms with van der Waals surface area (Å²) in [7, 11) is 0. The van der Waals surface area contributed by atoms with Gasteiger partial charge in [-0.05, 0) is 44.4 Å². The highest BCUT2D eigenvalue weighted by Gasteiger charge is 2.42. The molecule has 0 saturated heterocycles. The van der Waals surface area contributed by atoms with Gasteiger partial charge >= 0.3 is 0 Å². The highest BCUT2D eigenvalue weighted by molar-refractivity contribution is 7.16. The number of hydrogen-bond donors (Lipinski definition) is 2. The van der Waals surface area contributed by atoms with Crippen molar-refractivity contribution in [2.24, 2.45) is 0 Å². The first kappa shape index (κ1) is 18.9. The van der Waals surface area contributed by atoms with Crippen LogP contribution in [0.4, 0.5) is 10.7 Å². The van der Waals surface area contributed by atoms with Crippen molar-refractivity contribution >= 4 is 27.9 Å². The highest BCUT2D eigenvalue weighted by atomic mass is 32.1. The first-order chi connectivity index (χ1) is 14.0. The Labute approximate surface area is 171 Å². The lowest BCUT2D eigenvalue weighted by Crippen LogP contribution is -2.29. The summed E-state index contributed by atoms with van der Waals surface area (Å²) in [6, 6.07) is 9.44. The number of anilines is 2. The zero-order valence-electron chi connectivity index (χ0n) is 15.9. The molecule has 0 fully saturated rings. The summed E-state index contributed by atoms with van der Waals surface area (Å²) in [5.74, 6) is 0.588. The number of aromatic nitrogens is 2. The molecule has 0 spiro atoms. The minimum atomic E-state index is -0.563. The molecule has 3 N–H and O–H groups in total. The lowest BCUT2D eigenvalue weighted by Gasteiger charge is -2.30. The van der Waals surface area contributed by atoms with Crippen molar-refractivity contribution in [3.05, 3.63) is 58.8 Å². The van der Waals surface area contributed by atoms with Gasteiger partial charge in [-0.3, -0.25) is 4.79 Å². The molecule has 1 aliphatic rings. The van der Waals surface area contributed by atoms with E-state index in [1.807, 2.05) is 13.0 Å². The van der Waals surface area contributed by atoms with E-state index in [1.54, 1.807) is 18.2 Å². The number of nitrogen functional groups attached to an aromatic ring is 1.